The molecule has 1 aromatic carbocycles. The quantitative estimate of drug-likeness (QED) is 0.327. The predicted octanol–water partition coefficient (Wildman–Crippen LogP) is 4.54. The van der Waals surface area contributed by atoms with Crippen LogP contribution in [0.25, 0.3) is 28.0 Å². The summed E-state index contributed by atoms with van der Waals surface area (Å²) < 4.78 is 38.8. The Morgan fingerprint density at radius 3 is 2.77 bits per heavy atom. The van der Waals surface area contributed by atoms with Gasteiger partial charge in [0, 0.05) is 19.3 Å². The number of aromatic nitrogens is 4. The minimum atomic E-state index is -0.768. The van der Waals surface area contributed by atoms with Gasteiger partial charge in [-0.25, -0.2) is 23.1 Å². The number of aryl methyl sites for hydroxylation is 1. The van der Waals surface area contributed by atoms with E-state index in [1.165, 1.54) is 28.8 Å². The molecule has 0 N–H and O–H groups in total. The van der Waals surface area contributed by atoms with Crippen molar-refractivity contribution in [1.82, 2.24) is 24.4 Å². The van der Waals surface area contributed by atoms with Crippen molar-refractivity contribution in [3.05, 3.63) is 82.6 Å². The first-order chi connectivity index (χ1) is 20.8. The number of amides is 1. The number of ether oxygens (including phenoxy) is 1. The van der Waals surface area contributed by atoms with E-state index < -0.39 is 17.3 Å². The molecule has 2 fully saturated rings. The largest absolute Gasteiger partial charge is 0.493 e. The number of carbonyl (C=O) groups is 1. The molecule has 9 nitrogen and oxygen atoms in total. The molecule has 0 unspecified atom stereocenters. The number of nitrogens with zero attached hydrogens (tertiary/aromatic N) is 6. The Bertz CT molecular complexity index is 1870. The highest BCUT2D eigenvalue weighted by Gasteiger charge is 2.51. The van der Waals surface area contributed by atoms with Gasteiger partial charge in [-0.1, -0.05) is 26.5 Å². The molecule has 1 aliphatic carbocycles. The minimum absolute atomic E-state index is 0.0518. The molecular formula is C32H30F2N6O3. The Kier molecular flexibility index (Phi) is 6.48. The molecule has 11 heteroatoms. The number of piperazine rings is 1. The Morgan fingerprint density at radius 2 is 1.98 bits per heavy atom. The topological polar surface area (TPSA) is 93.5 Å². The van der Waals surface area contributed by atoms with Crippen molar-refractivity contribution in [3.8, 4) is 22.7 Å². The number of halogens is 2. The first-order valence-corrected chi connectivity index (χ1v) is 14.5. The Morgan fingerprint density at radius 1 is 1.14 bits per heavy atom. The van der Waals surface area contributed by atoms with Gasteiger partial charge in [0.2, 0.25) is 5.91 Å². The van der Waals surface area contributed by atoms with Crippen LogP contribution in [-0.2, 0) is 11.2 Å². The molecule has 3 aliphatic rings. The van der Waals surface area contributed by atoms with Crippen LogP contribution in [0.1, 0.15) is 43.9 Å². The van der Waals surface area contributed by atoms with Crippen LogP contribution in [0.5, 0.6) is 5.75 Å². The highest BCUT2D eigenvalue weighted by atomic mass is 19.1. The van der Waals surface area contributed by atoms with Crippen LogP contribution in [0, 0.1) is 11.6 Å². The maximum absolute atomic E-state index is 16.1. The van der Waals surface area contributed by atoms with Gasteiger partial charge in [0.1, 0.15) is 23.1 Å². The summed E-state index contributed by atoms with van der Waals surface area (Å²) in [5.41, 5.74) is 1.28. The van der Waals surface area contributed by atoms with Gasteiger partial charge in [-0.05, 0) is 61.1 Å². The maximum atomic E-state index is 16.1. The maximum Gasteiger partial charge on any atom is 0.355 e. The molecule has 1 saturated carbocycles. The van der Waals surface area contributed by atoms with Crippen molar-refractivity contribution in [3.63, 3.8) is 0 Å². The Balaban J connectivity index is 1.53. The molecule has 2 aliphatic heterocycles. The Labute approximate surface area is 246 Å². The molecule has 2 bridgehead atoms. The SMILES string of the molecule is C=CC(=O)N1CCN(c2nc(=O)n3c4nc(c(F)cc24)-c2c(F)cccc2OCCCc2ccnc(C(C)C)c2-3)[C@H]2C[C@H]21. The number of hydrogen-bond acceptors (Lipinski definition) is 7. The van der Waals surface area contributed by atoms with Crippen LogP contribution in [0.2, 0.25) is 0 Å². The summed E-state index contributed by atoms with van der Waals surface area (Å²) in [6, 6.07) is 7.34. The number of benzene rings is 1. The summed E-state index contributed by atoms with van der Waals surface area (Å²) in [6.45, 7) is 8.63. The monoisotopic (exact) mass is 584 g/mol. The second kappa shape index (κ2) is 10.3. The number of anilines is 1. The lowest BCUT2D eigenvalue weighted by molar-refractivity contribution is -0.126. The van der Waals surface area contributed by atoms with Gasteiger partial charge in [0.05, 0.1) is 41.0 Å². The predicted molar refractivity (Wildman–Crippen MR) is 158 cm³/mol. The number of rotatable bonds is 3. The van der Waals surface area contributed by atoms with Crippen LogP contribution >= 0.6 is 0 Å². The molecule has 0 radical (unpaired) electrons. The fraction of sp³-hybridized carbons (Fsp3) is 0.344. The zero-order valence-electron chi connectivity index (χ0n) is 23.9. The van der Waals surface area contributed by atoms with Crippen molar-refractivity contribution in [1.29, 1.82) is 0 Å². The lowest BCUT2D eigenvalue weighted by Gasteiger charge is -2.35. The molecule has 1 amide bonds. The average Bonchev–Trinajstić information content (AvgIpc) is 3.79. The molecule has 0 spiro atoms. The van der Waals surface area contributed by atoms with E-state index in [4.69, 9.17) is 9.72 Å². The second-order valence-electron chi connectivity index (χ2n) is 11.5. The van der Waals surface area contributed by atoms with Crippen LogP contribution in [-0.4, -0.2) is 62.1 Å². The van der Waals surface area contributed by atoms with E-state index in [1.54, 1.807) is 17.2 Å². The third-order valence-corrected chi connectivity index (χ3v) is 8.50. The first-order valence-electron chi connectivity index (χ1n) is 14.5. The van der Waals surface area contributed by atoms with Gasteiger partial charge >= 0.3 is 5.69 Å². The highest BCUT2D eigenvalue weighted by molar-refractivity contribution is 5.92. The molecule has 1 saturated heterocycles. The van der Waals surface area contributed by atoms with E-state index in [1.807, 2.05) is 24.8 Å². The summed E-state index contributed by atoms with van der Waals surface area (Å²) in [5.74, 6) is -1.18. The lowest BCUT2D eigenvalue weighted by Crippen LogP contribution is -2.49. The first kappa shape index (κ1) is 27.2. The second-order valence-corrected chi connectivity index (χ2v) is 11.5. The smallest absolute Gasteiger partial charge is 0.355 e. The lowest BCUT2D eigenvalue weighted by atomic mass is 10.0. The van der Waals surface area contributed by atoms with E-state index in [0.717, 1.165) is 5.56 Å². The van der Waals surface area contributed by atoms with Gasteiger partial charge in [-0.15, -0.1) is 0 Å². The molecule has 2 atom stereocenters. The molecule has 7 rings (SSSR count). The Hall–Kier alpha value is -4.67. The molecule has 43 heavy (non-hydrogen) atoms. The zero-order chi connectivity index (χ0) is 30.0. The summed E-state index contributed by atoms with van der Waals surface area (Å²) in [6.07, 6.45) is 4.83. The fourth-order valence-electron chi connectivity index (χ4n) is 6.43. The van der Waals surface area contributed by atoms with E-state index in [2.05, 4.69) is 16.5 Å². The molecule has 4 aromatic rings. The minimum Gasteiger partial charge on any atom is -0.493 e. The molecule has 220 valence electrons. The number of hydrogen-bond donors (Lipinski definition) is 0. The van der Waals surface area contributed by atoms with Crippen LogP contribution in [0.15, 0.2) is 54.0 Å². The van der Waals surface area contributed by atoms with Gasteiger partial charge in [-0.2, -0.15) is 4.98 Å². The number of carbonyl (C=O) groups excluding carboxylic acids is 1. The highest BCUT2D eigenvalue weighted by Crippen LogP contribution is 2.42. The molecule has 5 heterocycles. The van der Waals surface area contributed by atoms with Crippen molar-refractivity contribution in [2.24, 2.45) is 0 Å². The standard InChI is InChI=1S/C32H30F2N6O3/c1-4-25(41)38-12-13-39(23-16-22(23)38)30-19-15-21(34)28-26-20(33)8-5-9-24(26)43-14-6-7-18-10-11-35-27(17(2)3)29(18)40(31(19)36-28)32(42)37-30/h4-5,8-11,15,17,22-23H,1,6-7,12-14,16H2,2-3H3/t22-,23+/m1/s1. The summed E-state index contributed by atoms with van der Waals surface area (Å²) in [4.78, 5) is 44.1. The third kappa shape index (κ3) is 4.36. The van der Waals surface area contributed by atoms with Gasteiger partial charge < -0.3 is 14.5 Å². The van der Waals surface area contributed by atoms with Crippen LogP contribution in [0.3, 0.4) is 0 Å². The van der Waals surface area contributed by atoms with E-state index in [-0.39, 0.29) is 53.2 Å². The van der Waals surface area contributed by atoms with Crippen LogP contribution in [0.4, 0.5) is 14.6 Å². The fourth-order valence-corrected chi connectivity index (χ4v) is 6.43. The van der Waals surface area contributed by atoms with Gasteiger partial charge in [0.25, 0.3) is 0 Å². The van der Waals surface area contributed by atoms with E-state index in [9.17, 15) is 9.59 Å². The molecule has 3 aromatic heterocycles. The summed E-state index contributed by atoms with van der Waals surface area (Å²) in [5, 5.41) is 0.315. The van der Waals surface area contributed by atoms with E-state index in [0.29, 0.717) is 54.9 Å². The normalized spacial score (nSPS) is 19.2. The summed E-state index contributed by atoms with van der Waals surface area (Å²) >= 11 is 0. The number of fused-ring (bicyclic) bond motifs is 6. The average molecular weight is 585 g/mol. The van der Waals surface area contributed by atoms with Crippen LogP contribution < -0.4 is 15.3 Å². The number of pyridine rings is 2. The van der Waals surface area contributed by atoms with Gasteiger partial charge in [-0.3, -0.25) is 9.78 Å². The summed E-state index contributed by atoms with van der Waals surface area (Å²) in [7, 11) is 0. The van der Waals surface area contributed by atoms with Crippen molar-refractivity contribution >= 4 is 22.8 Å². The zero-order valence-corrected chi connectivity index (χ0v) is 23.9. The van der Waals surface area contributed by atoms with E-state index >= 15 is 8.78 Å². The van der Waals surface area contributed by atoms with Crippen molar-refractivity contribution < 1.29 is 18.3 Å². The van der Waals surface area contributed by atoms with Crippen molar-refractivity contribution in [2.45, 2.75) is 51.1 Å². The third-order valence-electron chi connectivity index (χ3n) is 8.50. The van der Waals surface area contributed by atoms with Crippen molar-refractivity contribution in [2.75, 3.05) is 24.6 Å². The van der Waals surface area contributed by atoms with Gasteiger partial charge in [0.15, 0.2) is 11.5 Å². The molecular weight excluding hydrogens is 554 g/mol.